The van der Waals surface area contributed by atoms with Crippen LogP contribution in [-0.4, -0.2) is 12.0 Å². The Labute approximate surface area is 147 Å². The lowest BCUT2D eigenvalue weighted by molar-refractivity contribution is -0.128. The number of ether oxygens (including phenoxy) is 1. The highest BCUT2D eigenvalue weighted by atomic mass is 35.5. The highest BCUT2D eigenvalue weighted by Crippen LogP contribution is 2.23. The Bertz CT molecular complexity index is 726. The maximum absolute atomic E-state index is 12.4. The van der Waals surface area contributed by atoms with Gasteiger partial charge in [0, 0.05) is 12.6 Å². The molecule has 1 atom stereocenters. The van der Waals surface area contributed by atoms with Gasteiger partial charge in [-0.15, -0.1) is 0 Å². The van der Waals surface area contributed by atoms with Gasteiger partial charge in [0.15, 0.2) is 6.10 Å². The van der Waals surface area contributed by atoms with Gasteiger partial charge < -0.3 is 10.1 Å². The van der Waals surface area contributed by atoms with Crippen LogP contribution in [0.4, 0.5) is 0 Å². The fraction of sp³-hybridized carbons (Fsp3) is 0.263. The van der Waals surface area contributed by atoms with Crippen molar-refractivity contribution in [1.82, 2.24) is 5.32 Å². The summed E-state index contributed by atoms with van der Waals surface area (Å²) in [7, 11) is 0. The molecule has 0 bridgehead atoms. The van der Waals surface area contributed by atoms with E-state index in [1.807, 2.05) is 43.3 Å². The summed E-state index contributed by atoms with van der Waals surface area (Å²) in [6.07, 6.45) is 0.814. The molecule has 4 nitrogen and oxygen atoms in total. The molecule has 1 amide bonds. The van der Waals surface area contributed by atoms with Crippen LogP contribution in [0.2, 0.25) is 5.02 Å². The van der Waals surface area contributed by atoms with Crippen LogP contribution in [0, 0.1) is 11.3 Å². The maximum Gasteiger partial charge on any atom is 0.261 e. The second kappa shape index (κ2) is 8.95. The highest BCUT2D eigenvalue weighted by Gasteiger charge is 2.19. The van der Waals surface area contributed by atoms with Gasteiger partial charge in [-0.05, 0) is 24.1 Å². The quantitative estimate of drug-likeness (QED) is 0.824. The Morgan fingerprint density at radius 3 is 2.67 bits per heavy atom. The van der Waals surface area contributed by atoms with E-state index in [4.69, 9.17) is 21.6 Å². The van der Waals surface area contributed by atoms with Gasteiger partial charge >= 0.3 is 0 Å². The Balaban J connectivity index is 2.01. The predicted octanol–water partition coefficient (Wildman–Crippen LogP) is 4.08. The van der Waals surface area contributed by atoms with Crippen molar-refractivity contribution >= 4 is 17.5 Å². The third-order valence-corrected chi connectivity index (χ3v) is 3.80. The average molecular weight is 343 g/mol. The molecule has 0 aromatic heterocycles. The van der Waals surface area contributed by atoms with E-state index in [2.05, 4.69) is 5.32 Å². The zero-order chi connectivity index (χ0) is 17.4. The van der Waals surface area contributed by atoms with Crippen molar-refractivity contribution in [2.24, 2.45) is 0 Å². The molecule has 0 saturated heterocycles. The summed E-state index contributed by atoms with van der Waals surface area (Å²) in [5.74, 6) is 0.313. The fourth-order valence-corrected chi connectivity index (χ4v) is 2.44. The van der Waals surface area contributed by atoms with Gasteiger partial charge in [-0.2, -0.15) is 5.26 Å². The van der Waals surface area contributed by atoms with E-state index in [1.165, 1.54) is 0 Å². The zero-order valence-corrected chi connectivity index (χ0v) is 14.2. The van der Waals surface area contributed by atoms with E-state index in [9.17, 15) is 4.79 Å². The predicted molar refractivity (Wildman–Crippen MR) is 93.8 cm³/mol. The minimum atomic E-state index is -0.595. The third kappa shape index (κ3) is 5.00. The second-order valence-corrected chi connectivity index (χ2v) is 5.76. The Morgan fingerprint density at radius 2 is 2.04 bits per heavy atom. The van der Waals surface area contributed by atoms with Crippen molar-refractivity contribution in [2.45, 2.75) is 32.4 Å². The summed E-state index contributed by atoms with van der Waals surface area (Å²) in [6, 6.07) is 16.5. The van der Waals surface area contributed by atoms with Crippen LogP contribution in [-0.2, 0) is 11.3 Å². The minimum Gasteiger partial charge on any atom is -0.481 e. The van der Waals surface area contributed by atoms with Crippen molar-refractivity contribution in [1.29, 1.82) is 5.26 Å². The maximum atomic E-state index is 12.4. The number of amides is 1. The lowest BCUT2D eigenvalue weighted by atomic mass is 10.1. The van der Waals surface area contributed by atoms with Crippen LogP contribution in [0.25, 0.3) is 0 Å². The largest absolute Gasteiger partial charge is 0.481 e. The van der Waals surface area contributed by atoms with Crippen molar-refractivity contribution < 1.29 is 9.53 Å². The van der Waals surface area contributed by atoms with Gasteiger partial charge in [0.25, 0.3) is 5.91 Å². The first-order valence-corrected chi connectivity index (χ1v) is 8.19. The second-order valence-electron chi connectivity index (χ2n) is 5.35. The molecule has 0 heterocycles. The minimum absolute atomic E-state index is 0.166. The number of hydrogen-bond acceptors (Lipinski definition) is 3. The SMILES string of the molecule is CCCC(Oc1ccc(C#N)c(Cl)c1)C(=O)NCc1ccccc1. The average Bonchev–Trinajstić information content (AvgIpc) is 2.60. The molecule has 0 aliphatic rings. The summed E-state index contributed by atoms with van der Waals surface area (Å²) in [5.41, 5.74) is 1.41. The fourth-order valence-electron chi connectivity index (χ4n) is 2.23. The van der Waals surface area contributed by atoms with E-state index in [0.717, 1.165) is 12.0 Å². The van der Waals surface area contributed by atoms with Crippen LogP contribution >= 0.6 is 11.6 Å². The summed E-state index contributed by atoms with van der Waals surface area (Å²) in [4.78, 5) is 12.4. The number of benzene rings is 2. The first-order chi connectivity index (χ1) is 11.6. The van der Waals surface area contributed by atoms with Crippen molar-refractivity contribution in [3.05, 3.63) is 64.7 Å². The first kappa shape index (κ1) is 17.8. The number of rotatable bonds is 7. The van der Waals surface area contributed by atoms with E-state index >= 15 is 0 Å². The van der Waals surface area contributed by atoms with Crippen molar-refractivity contribution in [3.8, 4) is 11.8 Å². The number of hydrogen-bond donors (Lipinski definition) is 1. The molecule has 1 unspecified atom stereocenters. The molecule has 0 aliphatic carbocycles. The lowest BCUT2D eigenvalue weighted by Gasteiger charge is -2.18. The molecule has 0 radical (unpaired) electrons. The number of nitrogens with zero attached hydrogens (tertiary/aromatic N) is 1. The molecule has 24 heavy (non-hydrogen) atoms. The molecule has 124 valence electrons. The zero-order valence-electron chi connectivity index (χ0n) is 13.5. The van der Waals surface area contributed by atoms with Crippen LogP contribution in [0.1, 0.15) is 30.9 Å². The lowest BCUT2D eigenvalue weighted by Crippen LogP contribution is -2.38. The van der Waals surface area contributed by atoms with Crippen molar-refractivity contribution in [3.63, 3.8) is 0 Å². The van der Waals surface area contributed by atoms with Gasteiger partial charge in [0.05, 0.1) is 10.6 Å². The number of nitrogens with one attached hydrogen (secondary N) is 1. The molecule has 2 aromatic rings. The van der Waals surface area contributed by atoms with E-state index in [-0.39, 0.29) is 5.91 Å². The van der Waals surface area contributed by atoms with E-state index in [0.29, 0.717) is 29.3 Å². The molecular weight excluding hydrogens is 324 g/mol. The summed E-state index contributed by atoms with van der Waals surface area (Å²) in [5, 5.41) is 12.1. The van der Waals surface area contributed by atoms with Crippen LogP contribution in [0.3, 0.4) is 0 Å². The molecular formula is C19H19ClN2O2. The smallest absolute Gasteiger partial charge is 0.261 e. The normalized spacial score (nSPS) is 11.4. The molecule has 0 spiro atoms. The number of halogens is 1. The summed E-state index contributed by atoms with van der Waals surface area (Å²) in [6.45, 7) is 2.45. The standard InChI is InChI=1S/C19H19ClN2O2/c1-2-6-18(19(23)22-13-14-7-4-3-5-8-14)24-16-10-9-15(12-21)17(20)11-16/h3-5,7-11,18H,2,6,13H2,1H3,(H,22,23). The molecule has 0 fully saturated rings. The van der Waals surface area contributed by atoms with Gasteiger partial charge in [-0.25, -0.2) is 0 Å². The topological polar surface area (TPSA) is 62.1 Å². The third-order valence-electron chi connectivity index (χ3n) is 3.49. The number of nitriles is 1. The number of carbonyl (C=O) groups excluding carboxylic acids is 1. The van der Waals surface area contributed by atoms with E-state index in [1.54, 1.807) is 18.2 Å². The summed E-state index contributed by atoms with van der Waals surface area (Å²) < 4.78 is 5.78. The molecule has 0 aliphatic heterocycles. The number of carbonyl (C=O) groups is 1. The van der Waals surface area contributed by atoms with Gasteiger partial charge in [-0.3, -0.25) is 4.79 Å². The monoisotopic (exact) mass is 342 g/mol. The van der Waals surface area contributed by atoms with Gasteiger partial charge in [0.1, 0.15) is 11.8 Å². The van der Waals surface area contributed by atoms with E-state index < -0.39 is 6.10 Å². The molecule has 5 heteroatoms. The highest BCUT2D eigenvalue weighted by molar-refractivity contribution is 6.31. The summed E-state index contributed by atoms with van der Waals surface area (Å²) >= 11 is 6.01. The molecule has 2 rings (SSSR count). The van der Waals surface area contributed by atoms with Crippen LogP contribution < -0.4 is 10.1 Å². The Morgan fingerprint density at radius 1 is 1.29 bits per heavy atom. The van der Waals surface area contributed by atoms with Crippen molar-refractivity contribution in [2.75, 3.05) is 0 Å². The van der Waals surface area contributed by atoms with Crippen LogP contribution in [0.15, 0.2) is 48.5 Å². The molecule has 0 saturated carbocycles. The molecule has 2 aromatic carbocycles. The van der Waals surface area contributed by atoms with Crippen LogP contribution in [0.5, 0.6) is 5.75 Å². The van der Waals surface area contributed by atoms with Gasteiger partial charge in [-0.1, -0.05) is 55.3 Å². The molecule has 1 N–H and O–H groups in total. The van der Waals surface area contributed by atoms with Gasteiger partial charge in [0.2, 0.25) is 0 Å². The Hall–Kier alpha value is -2.51. The first-order valence-electron chi connectivity index (χ1n) is 7.82. The Kier molecular flexibility index (Phi) is 6.65.